The molecule has 0 bridgehead atoms. The lowest BCUT2D eigenvalue weighted by molar-refractivity contribution is -0.122. The van der Waals surface area contributed by atoms with Crippen molar-refractivity contribution in [1.29, 1.82) is 0 Å². The third-order valence-electron chi connectivity index (χ3n) is 4.91. The third kappa shape index (κ3) is 4.35. The Labute approximate surface area is 158 Å². The number of carbonyl (C=O) groups excluding carboxylic acids is 2. The van der Waals surface area contributed by atoms with E-state index in [9.17, 15) is 9.59 Å². The Hall–Kier alpha value is -2.70. The Morgan fingerprint density at radius 3 is 2.63 bits per heavy atom. The van der Waals surface area contributed by atoms with Gasteiger partial charge < -0.3 is 15.6 Å². The van der Waals surface area contributed by atoms with E-state index in [2.05, 4.69) is 15.5 Å². The predicted molar refractivity (Wildman–Crippen MR) is 101 cm³/mol. The number of aromatic nitrogens is 2. The van der Waals surface area contributed by atoms with Gasteiger partial charge >= 0.3 is 0 Å². The van der Waals surface area contributed by atoms with Gasteiger partial charge in [-0.3, -0.25) is 9.59 Å². The second kappa shape index (κ2) is 7.50. The summed E-state index contributed by atoms with van der Waals surface area (Å²) in [6.45, 7) is 6.00. The van der Waals surface area contributed by atoms with Gasteiger partial charge in [0.2, 0.25) is 5.91 Å². The van der Waals surface area contributed by atoms with Crippen molar-refractivity contribution in [3.63, 3.8) is 0 Å². The smallest absolute Gasteiger partial charge is 0.258 e. The molecular formula is C20H26N4O3. The number of primary amides is 1. The van der Waals surface area contributed by atoms with Crippen LogP contribution in [0.3, 0.4) is 0 Å². The minimum Gasteiger partial charge on any atom is -0.369 e. The molecule has 1 saturated carbocycles. The van der Waals surface area contributed by atoms with Gasteiger partial charge in [-0.2, -0.15) is 4.98 Å². The SMILES string of the molecule is CC(C)(C)c1noc(-c2ccccc2C(=O)N[C@@H]2CCC[C@H](C(N)=O)C2)n1. The highest BCUT2D eigenvalue weighted by Gasteiger charge is 2.28. The molecule has 7 heteroatoms. The second-order valence-corrected chi connectivity index (χ2v) is 8.16. The molecule has 1 fully saturated rings. The fourth-order valence-electron chi connectivity index (χ4n) is 3.35. The van der Waals surface area contributed by atoms with Crippen LogP contribution in [0.25, 0.3) is 11.5 Å². The quantitative estimate of drug-likeness (QED) is 0.859. The molecule has 0 unspecified atom stereocenters. The molecule has 3 rings (SSSR count). The molecule has 0 aliphatic heterocycles. The first-order chi connectivity index (χ1) is 12.8. The van der Waals surface area contributed by atoms with Crippen LogP contribution in [0, 0.1) is 5.92 Å². The Kier molecular flexibility index (Phi) is 5.30. The van der Waals surface area contributed by atoms with Gasteiger partial charge in [0.25, 0.3) is 11.8 Å². The molecule has 1 heterocycles. The van der Waals surface area contributed by atoms with Crippen LogP contribution in [0.5, 0.6) is 0 Å². The van der Waals surface area contributed by atoms with Gasteiger partial charge in [-0.05, 0) is 31.4 Å². The lowest BCUT2D eigenvalue weighted by Gasteiger charge is -2.28. The fraction of sp³-hybridized carbons (Fsp3) is 0.500. The molecule has 144 valence electrons. The van der Waals surface area contributed by atoms with Gasteiger partial charge in [-0.1, -0.05) is 44.5 Å². The van der Waals surface area contributed by atoms with Crippen molar-refractivity contribution in [2.45, 2.75) is 57.9 Å². The van der Waals surface area contributed by atoms with E-state index < -0.39 is 0 Å². The minimum absolute atomic E-state index is 0.0652. The average molecular weight is 370 g/mol. The molecule has 2 atom stereocenters. The van der Waals surface area contributed by atoms with Gasteiger partial charge in [0.05, 0.1) is 11.1 Å². The topological polar surface area (TPSA) is 111 Å². The number of amides is 2. The van der Waals surface area contributed by atoms with E-state index in [1.807, 2.05) is 26.8 Å². The first-order valence-corrected chi connectivity index (χ1v) is 9.29. The summed E-state index contributed by atoms with van der Waals surface area (Å²) in [6.07, 6.45) is 3.08. The van der Waals surface area contributed by atoms with Crippen LogP contribution in [0.15, 0.2) is 28.8 Å². The summed E-state index contributed by atoms with van der Waals surface area (Å²) in [5.74, 6) is 0.226. The summed E-state index contributed by atoms with van der Waals surface area (Å²) in [5, 5.41) is 7.07. The highest BCUT2D eigenvalue weighted by Crippen LogP contribution is 2.27. The maximum Gasteiger partial charge on any atom is 0.258 e. The molecule has 27 heavy (non-hydrogen) atoms. The van der Waals surface area contributed by atoms with Gasteiger partial charge in [0.1, 0.15) is 0 Å². The van der Waals surface area contributed by atoms with Crippen LogP contribution in [-0.4, -0.2) is 28.0 Å². The number of nitrogens with one attached hydrogen (secondary N) is 1. The standard InChI is InChI=1S/C20H26N4O3/c1-20(2,3)19-23-18(27-24-19)15-10-5-4-9-14(15)17(26)22-13-8-6-7-12(11-13)16(21)25/h4-5,9-10,12-13H,6-8,11H2,1-3H3,(H2,21,25)(H,22,26)/t12-,13+/m0/s1. The summed E-state index contributed by atoms with van der Waals surface area (Å²) < 4.78 is 5.40. The molecule has 1 aromatic carbocycles. The number of benzene rings is 1. The largest absolute Gasteiger partial charge is 0.369 e. The van der Waals surface area contributed by atoms with E-state index >= 15 is 0 Å². The van der Waals surface area contributed by atoms with Gasteiger partial charge in [-0.15, -0.1) is 0 Å². The fourth-order valence-corrected chi connectivity index (χ4v) is 3.35. The number of hydrogen-bond donors (Lipinski definition) is 2. The zero-order valence-corrected chi connectivity index (χ0v) is 16.0. The molecule has 1 aliphatic rings. The Morgan fingerprint density at radius 2 is 1.96 bits per heavy atom. The van der Waals surface area contributed by atoms with Crippen molar-refractivity contribution in [1.82, 2.24) is 15.5 Å². The summed E-state index contributed by atoms with van der Waals surface area (Å²) in [7, 11) is 0. The summed E-state index contributed by atoms with van der Waals surface area (Å²) in [6, 6.07) is 7.09. The highest BCUT2D eigenvalue weighted by atomic mass is 16.5. The second-order valence-electron chi connectivity index (χ2n) is 8.16. The molecule has 0 radical (unpaired) electrons. The normalized spacial score (nSPS) is 20.3. The highest BCUT2D eigenvalue weighted by molar-refractivity contribution is 6.00. The van der Waals surface area contributed by atoms with Crippen molar-refractivity contribution >= 4 is 11.8 Å². The van der Waals surface area contributed by atoms with Crippen LogP contribution in [0.4, 0.5) is 0 Å². The molecule has 3 N–H and O–H groups in total. The summed E-state index contributed by atoms with van der Waals surface area (Å²) in [4.78, 5) is 28.8. The zero-order chi connectivity index (χ0) is 19.6. The minimum atomic E-state index is -0.296. The van der Waals surface area contributed by atoms with Crippen molar-refractivity contribution in [3.05, 3.63) is 35.7 Å². The van der Waals surface area contributed by atoms with E-state index in [4.69, 9.17) is 10.3 Å². The summed E-state index contributed by atoms with van der Waals surface area (Å²) >= 11 is 0. The van der Waals surface area contributed by atoms with Crippen LogP contribution < -0.4 is 11.1 Å². The number of nitrogens with zero attached hydrogens (tertiary/aromatic N) is 2. The van der Waals surface area contributed by atoms with Crippen LogP contribution in [0.1, 0.15) is 62.6 Å². The molecule has 2 aromatic rings. The van der Waals surface area contributed by atoms with Gasteiger partial charge in [-0.25, -0.2) is 0 Å². The number of hydrogen-bond acceptors (Lipinski definition) is 5. The number of rotatable bonds is 4. The lowest BCUT2D eigenvalue weighted by Crippen LogP contribution is -2.41. The molecular weight excluding hydrogens is 344 g/mol. The van der Waals surface area contributed by atoms with E-state index in [-0.39, 0.29) is 29.2 Å². The Morgan fingerprint density at radius 1 is 1.22 bits per heavy atom. The zero-order valence-electron chi connectivity index (χ0n) is 16.0. The van der Waals surface area contributed by atoms with E-state index in [1.54, 1.807) is 18.2 Å². The Balaban J connectivity index is 1.80. The maximum atomic E-state index is 12.9. The molecule has 2 amide bonds. The lowest BCUT2D eigenvalue weighted by atomic mass is 9.85. The molecule has 7 nitrogen and oxygen atoms in total. The number of carbonyl (C=O) groups is 2. The van der Waals surface area contributed by atoms with Crippen LogP contribution >= 0.6 is 0 Å². The van der Waals surface area contributed by atoms with E-state index in [1.165, 1.54) is 0 Å². The van der Waals surface area contributed by atoms with Crippen molar-refractivity contribution in [2.75, 3.05) is 0 Å². The van der Waals surface area contributed by atoms with Crippen molar-refractivity contribution < 1.29 is 14.1 Å². The van der Waals surface area contributed by atoms with E-state index in [0.717, 1.165) is 19.3 Å². The maximum absolute atomic E-state index is 12.9. The van der Waals surface area contributed by atoms with Gasteiger partial charge in [0.15, 0.2) is 5.82 Å². The van der Waals surface area contributed by atoms with Crippen molar-refractivity contribution in [2.24, 2.45) is 11.7 Å². The number of nitrogens with two attached hydrogens (primary N) is 1. The first kappa shape index (κ1) is 19.1. The van der Waals surface area contributed by atoms with Crippen LogP contribution in [0.2, 0.25) is 0 Å². The van der Waals surface area contributed by atoms with Crippen LogP contribution in [-0.2, 0) is 10.2 Å². The predicted octanol–water partition coefficient (Wildman–Crippen LogP) is 2.81. The molecule has 1 aromatic heterocycles. The van der Waals surface area contributed by atoms with E-state index in [0.29, 0.717) is 29.3 Å². The average Bonchev–Trinajstić information content (AvgIpc) is 3.12. The first-order valence-electron chi connectivity index (χ1n) is 9.29. The molecule has 0 spiro atoms. The molecule has 0 saturated heterocycles. The van der Waals surface area contributed by atoms with Gasteiger partial charge in [0, 0.05) is 17.4 Å². The third-order valence-corrected chi connectivity index (χ3v) is 4.91. The monoisotopic (exact) mass is 370 g/mol. The Bertz CT molecular complexity index is 838. The molecule has 1 aliphatic carbocycles. The summed E-state index contributed by atoms with van der Waals surface area (Å²) in [5.41, 5.74) is 6.26. The van der Waals surface area contributed by atoms with Crippen molar-refractivity contribution in [3.8, 4) is 11.5 Å².